The van der Waals surface area contributed by atoms with Crippen LogP contribution < -0.4 is 16.0 Å². The van der Waals surface area contributed by atoms with Gasteiger partial charge in [0.1, 0.15) is 47.8 Å². The van der Waals surface area contributed by atoms with Gasteiger partial charge in [-0.05, 0) is 49.4 Å². The molecule has 0 spiro atoms. The monoisotopic (exact) mass is 823 g/mol. The first-order chi connectivity index (χ1) is 28.8. The molecular weight excluding hydrogens is 775 g/mol. The number of amides is 6. The summed E-state index contributed by atoms with van der Waals surface area (Å²) >= 11 is 0. The van der Waals surface area contributed by atoms with Crippen LogP contribution in [0, 0.1) is 0 Å². The molecule has 3 aromatic rings. The maximum atomic E-state index is 14.8. The number of aromatic nitrogens is 1. The van der Waals surface area contributed by atoms with E-state index in [9.17, 15) is 43.5 Å². The summed E-state index contributed by atoms with van der Waals surface area (Å²) in [6.07, 6.45) is 0.235. The molecule has 0 aliphatic carbocycles. The molecule has 17 nitrogen and oxygen atoms in total. The van der Waals surface area contributed by atoms with E-state index in [1.807, 2.05) is 6.07 Å². The third-order valence-corrected chi connectivity index (χ3v) is 11.2. The Hall–Kier alpha value is -6.65. The number of nitrogens with one attached hydrogen (secondary N) is 3. The van der Waals surface area contributed by atoms with Gasteiger partial charge in [0.25, 0.3) is 5.91 Å². The van der Waals surface area contributed by atoms with Gasteiger partial charge in [-0.25, -0.2) is 9.78 Å². The largest absolute Gasteiger partial charge is 0.505 e. The number of esters is 1. The number of likely N-dealkylation sites (N-methyl/N-ethyl adjacent to an activating group) is 1. The fraction of sp³-hybridized carbons (Fsp3) is 0.419. The van der Waals surface area contributed by atoms with Crippen LogP contribution in [0.1, 0.15) is 73.6 Å². The quantitative estimate of drug-likeness (QED) is 0.259. The van der Waals surface area contributed by atoms with Crippen LogP contribution in [0.5, 0.6) is 5.75 Å². The van der Waals surface area contributed by atoms with Crippen molar-refractivity contribution in [3.8, 4) is 5.75 Å². The zero-order valence-electron chi connectivity index (χ0n) is 33.6. The summed E-state index contributed by atoms with van der Waals surface area (Å²) in [6, 6.07) is 11.7. The highest BCUT2D eigenvalue weighted by Gasteiger charge is 2.45. The number of ether oxygens (including phenoxy) is 1. The van der Waals surface area contributed by atoms with Crippen molar-refractivity contribution in [2.75, 3.05) is 20.1 Å². The second-order valence-electron chi connectivity index (χ2n) is 15.2. The molecule has 6 rings (SSSR count). The summed E-state index contributed by atoms with van der Waals surface area (Å²) < 4.78 is 5.83. The molecule has 3 saturated heterocycles. The van der Waals surface area contributed by atoms with Crippen molar-refractivity contribution in [2.24, 2.45) is 0 Å². The van der Waals surface area contributed by atoms with Crippen molar-refractivity contribution in [3.63, 3.8) is 0 Å². The molecule has 3 fully saturated rings. The first kappa shape index (κ1) is 42.9. The zero-order chi connectivity index (χ0) is 43.1. The third kappa shape index (κ3) is 9.45. The molecular formula is C43H49N7O10. The lowest BCUT2D eigenvalue weighted by Gasteiger charge is -2.40. The number of hydrogen-bond acceptors (Lipinski definition) is 11. The molecule has 17 heteroatoms. The van der Waals surface area contributed by atoms with Gasteiger partial charge in [-0.3, -0.25) is 33.6 Å². The Morgan fingerprint density at radius 1 is 0.850 bits per heavy atom. The summed E-state index contributed by atoms with van der Waals surface area (Å²) in [5, 5.41) is 18.2. The highest BCUT2D eigenvalue weighted by Crippen LogP contribution is 2.26. The highest BCUT2D eigenvalue weighted by atomic mass is 16.5. The standard InChI is InChI=1S/C43H49N7O10/c1-4-29-40(56)49-21-12-17-30(49)41(57)48(3)32(23-26-13-7-5-8-14-26)42(58)50-22-19-28(51)24-31(50)37(53)47-35(27-15-9-6-10-16-27)43(59)60-25(2)34(38(54)45-29)46-39(55)36-33(52)18-11-20-44-36/h5-11,13-16,18,20,25,29-32,34-35,52H,4,12,17,19,21-24H2,1-3H3,(H,45,54)(H,46,55)(H,47,53)/t25-,29-,30-,31-,32-,34+,35+/m1/s1. The molecule has 0 saturated carbocycles. The number of rotatable bonds is 6. The van der Waals surface area contributed by atoms with E-state index in [1.54, 1.807) is 61.5 Å². The summed E-state index contributed by atoms with van der Waals surface area (Å²) in [5.74, 6) is -6.30. The summed E-state index contributed by atoms with van der Waals surface area (Å²) in [6.45, 7) is 3.03. The van der Waals surface area contributed by atoms with E-state index in [0.717, 1.165) is 5.56 Å². The summed E-state index contributed by atoms with van der Waals surface area (Å²) in [4.78, 5) is 121. The Labute approximate surface area is 346 Å². The summed E-state index contributed by atoms with van der Waals surface area (Å²) in [7, 11) is 1.47. The number of nitrogens with zero attached hydrogens (tertiary/aromatic N) is 4. The first-order valence-electron chi connectivity index (χ1n) is 20.0. The molecule has 316 valence electrons. The molecule has 0 radical (unpaired) electrons. The van der Waals surface area contributed by atoms with E-state index < -0.39 is 95.2 Å². The van der Waals surface area contributed by atoms with Gasteiger partial charge >= 0.3 is 5.97 Å². The Bertz CT molecular complexity index is 2120. The van der Waals surface area contributed by atoms with Gasteiger partial charge in [0.2, 0.25) is 29.5 Å². The van der Waals surface area contributed by atoms with E-state index in [2.05, 4.69) is 20.9 Å². The molecule has 3 aliphatic rings. The van der Waals surface area contributed by atoms with Crippen molar-refractivity contribution in [2.45, 2.75) is 94.7 Å². The number of pyridine rings is 1. The van der Waals surface area contributed by atoms with Crippen LogP contribution in [0.15, 0.2) is 79.0 Å². The molecule has 60 heavy (non-hydrogen) atoms. The smallest absolute Gasteiger partial charge is 0.333 e. The predicted molar refractivity (Wildman–Crippen MR) is 213 cm³/mol. The Morgan fingerprint density at radius 2 is 1.53 bits per heavy atom. The fourth-order valence-electron chi connectivity index (χ4n) is 7.88. The average Bonchev–Trinajstić information content (AvgIpc) is 3.75. The van der Waals surface area contributed by atoms with Gasteiger partial charge < -0.3 is 40.5 Å². The number of Topliss-reactive ketones (excluding diaryl/α,β-unsaturated/α-hetero) is 1. The maximum Gasteiger partial charge on any atom is 0.333 e. The van der Waals surface area contributed by atoms with E-state index in [1.165, 1.54) is 47.0 Å². The lowest BCUT2D eigenvalue weighted by molar-refractivity contribution is -0.156. The van der Waals surface area contributed by atoms with Crippen molar-refractivity contribution >= 4 is 47.2 Å². The number of fused-ring (bicyclic) bond motifs is 2. The average molecular weight is 824 g/mol. The molecule has 1 aromatic heterocycles. The Balaban J connectivity index is 1.43. The number of benzene rings is 2. The van der Waals surface area contributed by atoms with Gasteiger partial charge in [-0.1, -0.05) is 67.6 Å². The molecule has 7 atom stereocenters. The number of piperidine rings is 1. The van der Waals surface area contributed by atoms with Crippen molar-refractivity contribution < 1.29 is 48.2 Å². The van der Waals surface area contributed by atoms with Gasteiger partial charge in [0.05, 0.1) is 0 Å². The minimum atomic E-state index is -1.68. The highest BCUT2D eigenvalue weighted by molar-refractivity contribution is 6.01. The van der Waals surface area contributed by atoms with Gasteiger partial charge in [0.15, 0.2) is 11.7 Å². The summed E-state index contributed by atoms with van der Waals surface area (Å²) in [5.41, 5.74) is 0.560. The normalized spacial score (nSPS) is 26.1. The maximum absolute atomic E-state index is 14.8. The fourth-order valence-corrected chi connectivity index (χ4v) is 7.88. The van der Waals surface area contributed by atoms with Crippen LogP contribution in [-0.2, 0) is 44.7 Å². The Kier molecular flexibility index (Phi) is 13.6. The molecule has 2 aromatic carbocycles. The zero-order valence-corrected chi connectivity index (χ0v) is 33.6. The lowest BCUT2D eigenvalue weighted by Crippen LogP contribution is -2.61. The van der Waals surface area contributed by atoms with Crippen LogP contribution in [0.25, 0.3) is 0 Å². The van der Waals surface area contributed by atoms with Crippen LogP contribution in [0.2, 0.25) is 0 Å². The predicted octanol–water partition coefficient (Wildman–Crippen LogP) is 1.20. The number of ketones is 1. The number of carbonyl (C=O) groups is 8. The SMILES string of the molecule is CC[C@H]1NC(=O)[C@@H](NC(=O)c2ncccc2O)[C@@H](C)OC(=O)[C@H](c2ccccc2)NC(=O)[C@H]2CC(=O)CCN2C(=O)[C@@H](Cc2ccccc2)N(C)C(=O)[C@H]2CCCN2C1=O. The Morgan fingerprint density at radius 3 is 2.22 bits per heavy atom. The molecule has 4 N–H and O–H groups in total. The number of cyclic esters (lactones) is 1. The molecule has 6 amide bonds. The van der Waals surface area contributed by atoms with Crippen molar-refractivity contribution in [3.05, 3.63) is 95.8 Å². The molecule has 4 heterocycles. The van der Waals surface area contributed by atoms with Crippen molar-refractivity contribution in [1.29, 1.82) is 0 Å². The van der Waals surface area contributed by atoms with Gasteiger partial charge in [-0.15, -0.1) is 0 Å². The van der Waals surface area contributed by atoms with E-state index >= 15 is 0 Å². The van der Waals surface area contributed by atoms with Crippen LogP contribution in [0.3, 0.4) is 0 Å². The lowest BCUT2D eigenvalue weighted by atomic mass is 9.95. The topological polar surface area (TPSA) is 225 Å². The van der Waals surface area contributed by atoms with E-state index in [4.69, 9.17) is 4.74 Å². The van der Waals surface area contributed by atoms with Crippen molar-refractivity contribution in [1.82, 2.24) is 35.6 Å². The van der Waals surface area contributed by atoms with E-state index in [0.29, 0.717) is 6.42 Å². The van der Waals surface area contributed by atoms with Crippen LogP contribution in [-0.4, -0.2) is 128 Å². The van der Waals surface area contributed by atoms with E-state index in [-0.39, 0.29) is 56.5 Å². The van der Waals surface area contributed by atoms with Crippen LogP contribution >= 0.6 is 0 Å². The number of aromatic hydroxyl groups is 1. The third-order valence-electron chi connectivity index (χ3n) is 11.2. The van der Waals surface area contributed by atoms with Crippen LogP contribution in [0.4, 0.5) is 0 Å². The molecule has 3 aliphatic heterocycles. The second kappa shape index (κ2) is 18.9. The van der Waals surface area contributed by atoms with Gasteiger partial charge in [-0.2, -0.15) is 0 Å². The minimum Gasteiger partial charge on any atom is -0.505 e. The first-order valence-corrected chi connectivity index (χ1v) is 20.0. The second-order valence-corrected chi connectivity index (χ2v) is 15.2. The molecule has 0 bridgehead atoms. The number of carbonyl (C=O) groups excluding carboxylic acids is 8. The number of hydrogen-bond donors (Lipinski definition) is 4. The minimum absolute atomic E-state index is 0.0410. The molecule has 0 unspecified atom stereocenters. The van der Waals surface area contributed by atoms with Gasteiger partial charge in [0, 0.05) is 45.6 Å².